The molecule has 0 unspecified atom stereocenters. The molecule has 0 aliphatic rings. The first-order chi connectivity index (χ1) is 9.72. The highest BCUT2D eigenvalue weighted by atomic mass is 16.4. The maximum atomic E-state index is 11.4. The fourth-order valence-corrected chi connectivity index (χ4v) is 2.07. The van der Waals surface area contributed by atoms with Gasteiger partial charge in [-0.05, 0) is 42.8 Å². The zero-order valence-electron chi connectivity index (χ0n) is 11.0. The molecule has 0 aliphatic heterocycles. The molecular formula is C18H12O2. The number of rotatable bonds is 0. The Balaban J connectivity index is 2.06. The molecule has 0 spiro atoms. The van der Waals surface area contributed by atoms with Crippen LogP contribution in [0.2, 0.25) is 0 Å². The summed E-state index contributed by atoms with van der Waals surface area (Å²) in [6, 6.07) is 16.9. The van der Waals surface area contributed by atoms with Gasteiger partial charge in [-0.1, -0.05) is 30.0 Å². The van der Waals surface area contributed by atoms with Crippen LogP contribution in [0.5, 0.6) is 0 Å². The van der Waals surface area contributed by atoms with Crippen LogP contribution in [0.1, 0.15) is 16.7 Å². The molecular weight excluding hydrogens is 248 g/mol. The fraction of sp³-hybridized carbons (Fsp3) is 0.0556. The highest BCUT2D eigenvalue weighted by Crippen LogP contribution is 2.17. The maximum absolute atomic E-state index is 11.4. The summed E-state index contributed by atoms with van der Waals surface area (Å²) in [6.07, 6.45) is 0. The summed E-state index contributed by atoms with van der Waals surface area (Å²) in [4.78, 5) is 11.4. The average molecular weight is 260 g/mol. The van der Waals surface area contributed by atoms with Crippen molar-refractivity contribution < 1.29 is 4.42 Å². The first kappa shape index (κ1) is 12.3. The van der Waals surface area contributed by atoms with Crippen molar-refractivity contribution in [2.75, 3.05) is 0 Å². The van der Waals surface area contributed by atoms with E-state index in [1.54, 1.807) is 6.07 Å². The fourth-order valence-electron chi connectivity index (χ4n) is 2.07. The van der Waals surface area contributed by atoms with Crippen molar-refractivity contribution in [2.45, 2.75) is 6.92 Å². The van der Waals surface area contributed by atoms with Gasteiger partial charge in [0.15, 0.2) is 0 Å². The zero-order chi connectivity index (χ0) is 13.9. The van der Waals surface area contributed by atoms with Crippen LogP contribution < -0.4 is 5.63 Å². The van der Waals surface area contributed by atoms with Gasteiger partial charge in [-0.3, -0.25) is 0 Å². The Morgan fingerprint density at radius 1 is 0.900 bits per heavy atom. The number of aryl methyl sites for hydroxylation is 1. The van der Waals surface area contributed by atoms with Gasteiger partial charge in [0.05, 0.1) is 0 Å². The zero-order valence-corrected chi connectivity index (χ0v) is 11.0. The van der Waals surface area contributed by atoms with Crippen molar-refractivity contribution in [3.63, 3.8) is 0 Å². The lowest BCUT2D eigenvalue weighted by Gasteiger charge is -2.00. The van der Waals surface area contributed by atoms with Crippen LogP contribution in [-0.2, 0) is 0 Å². The number of hydrogen-bond acceptors (Lipinski definition) is 2. The molecule has 2 aromatic carbocycles. The third kappa shape index (κ3) is 2.48. The molecule has 3 aromatic rings. The van der Waals surface area contributed by atoms with E-state index >= 15 is 0 Å². The Morgan fingerprint density at radius 3 is 2.45 bits per heavy atom. The van der Waals surface area contributed by atoms with Gasteiger partial charge in [-0.2, -0.15) is 0 Å². The van der Waals surface area contributed by atoms with Gasteiger partial charge < -0.3 is 4.42 Å². The van der Waals surface area contributed by atoms with Crippen molar-refractivity contribution in [1.82, 2.24) is 0 Å². The lowest BCUT2D eigenvalue weighted by Crippen LogP contribution is -1.97. The number of benzene rings is 2. The van der Waals surface area contributed by atoms with E-state index < -0.39 is 0 Å². The summed E-state index contributed by atoms with van der Waals surface area (Å²) < 4.78 is 5.21. The van der Waals surface area contributed by atoms with Crippen molar-refractivity contribution in [2.24, 2.45) is 0 Å². The largest absolute Gasteiger partial charge is 0.423 e. The monoisotopic (exact) mass is 260 g/mol. The molecule has 3 rings (SSSR count). The molecule has 96 valence electrons. The molecule has 0 amide bonds. The average Bonchev–Trinajstić information content (AvgIpc) is 2.45. The summed E-state index contributed by atoms with van der Waals surface area (Å²) in [5.74, 6) is 6.17. The van der Waals surface area contributed by atoms with Gasteiger partial charge in [-0.15, -0.1) is 0 Å². The van der Waals surface area contributed by atoms with E-state index in [1.807, 2.05) is 49.4 Å². The topological polar surface area (TPSA) is 30.2 Å². The molecule has 0 fully saturated rings. The SMILES string of the molecule is Cc1cc(=O)oc2cc(C#Cc3ccccc3)ccc12. The Bertz CT molecular complexity index is 878. The van der Waals surface area contributed by atoms with E-state index in [0.29, 0.717) is 5.58 Å². The van der Waals surface area contributed by atoms with Crippen LogP contribution in [-0.4, -0.2) is 0 Å². The number of hydrogen-bond donors (Lipinski definition) is 0. The molecule has 1 heterocycles. The first-order valence-electron chi connectivity index (χ1n) is 6.34. The van der Waals surface area contributed by atoms with Crippen molar-refractivity contribution in [3.8, 4) is 11.8 Å². The first-order valence-corrected chi connectivity index (χ1v) is 6.34. The van der Waals surface area contributed by atoms with Gasteiger partial charge in [0.2, 0.25) is 0 Å². The normalized spacial score (nSPS) is 10.1. The van der Waals surface area contributed by atoms with E-state index in [2.05, 4.69) is 11.8 Å². The number of fused-ring (bicyclic) bond motifs is 1. The standard InChI is InChI=1S/C18H12O2/c1-13-11-18(19)20-17-12-15(9-10-16(13)17)8-7-14-5-3-2-4-6-14/h2-6,9-12H,1H3. The van der Waals surface area contributed by atoms with Gasteiger partial charge >= 0.3 is 5.63 Å². The predicted molar refractivity (Wildman–Crippen MR) is 79.6 cm³/mol. The molecule has 0 N–H and O–H groups in total. The lowest BCUT2D eigenvalue weighted by molar-refractivity contribution is 0.560. The molecule has 0 atom stereocenters. The summed E-state index contributed by atoms with van der Waals surface area (Å²) in [6.45, 7) is 1.90. The summed E-state index contributed by atoms with van der Waals surface area (Å²) in [7, 11) is 0. The van der Waals surface area contributed by atoms with Gasteiger partial charge in [-0.25, -0.2) is 4.79 Å². The van der Waals surface area contributed by atoms with Gasteiger partial charge in [0.25, 0.3) is 0 Å². The minimum atomic E-state index is -0.330. The highest BCUT2D eigenvalue weighted by Gasteiger charge is 2.02. The predicted octanol–water partition coefficient (Wildman–Crippen LogP) is 3.50. The van der Waals surface area contributed by atoms with Crippen LogP contribution in [0.15, 0.2) is 63.8 Å². The molecule has 20 heavy (non-hydrogen) atoms. The summed E-state index contributed by atoms with van der Waals surface area (Å²) in [5.41, 5.74) is 2.95. The quantitative estimate of drug-likeness (QED) is 0.457. The Labute approximate surface area is 116 Å². The van der Waals surface area contributed by atoms with Crippen molar-refractivity contribution in [1.29, 1.82) is 0 Å². The molecule has 1 aromatic heterocycles. The maximum Gasteiger partial charge on any atom is 0.336 e. The molecule has 2 nitrogen and oxygen atoms in total. The van der Waals surface area contributed by atoms with Crippen LogP contribution in [0.3, 0.4) is 0 Å². The second kappa shape index (κ2) is 5.07. The summed E-state index contributed by atoms with van der Waals surface area (Å²) in [5, 5.41) is 0.940. The molecule has 0 bridgehead atoms. The second-order valence-electron chi connectivity index (χ2n) is 4.58. The Hall–Kier alpha value is -2.79. The smallest absolute Gasteiger partial charge is 0.336 e. The van der Waals surface area contributed by atoms with E-state index in [1.165, 1.54) is 6.07 Å². The summed E-state index contributed by atoms with van der Waals surface area (Å²) >= 11 is 0. The van der Waals surface area contributed by atoms with Gasteiger partial charge in [0.1, 0.15) is 5.58 Å². The van der Waals surface area contributed by atoms with Crippen molar-refractivity contribution >= 4 is 11.0 Å². The Morgan fingerprint density at radius 2 is 1.65 bits per heavy atom. The van der Waals surface area contributed by atoms with E-state index in [-0.39, 0.29) is 5.63 Å². The molecule has 2 heteroatoms. The van der Waals surface area contributed by atoms with Crippen LogP contribution >= 0.6 is 0 Å². The van der Waals surface area contributed by atoms with E-state index in [0.717, 1.165) is 22.1 Å². The minimum Gasteiger partial charge on any atom is -0.423 e. The molecule has 0 aliphatic carbocycles. The van der Waals surface area contributed by atoms with Crippen LogP contribution in [0.25, 0.3) is 11.0 Å². The molecule has 0 saturated heterocycles. The minimum absolute atomic E-state index is 0.330. The van der Waals surface area contributed by atoms with E-state index in [4.69, 9.17) is 4.42 Å². The third-order valence-electron chi connectivity index (χ3n) is 3.08. The highest BCUT2D eigenvalue weighted by molar-refractivity contribution is 5.81. The van der Waals surface area contributed by atoms with Gasteiger partial charge in [0, 0.05) is 22.6 Å². The molecule has 0 radical (unpaired) electrons. The lowest BCUT2D eigenvalue weighted by atomic mass is 10.1. The second-order valence-corrected chi connectivity index (χ2v) is 4.58. The van der Waals surface area contributed by atoms with Crippen LogP contribution in [0, 0.1) is 18.8 Å². The molecule has 0 saturated carbocycles. The van der Waals surface area contributed by atoms with E-state index in [9.17, 15) is 4.79 Å². The van der Waals surface area contributed by atoms with Crippen LogP contribution in [0.4, 0.5) is 0 Å². The van der Waals surface area contributed by atoms with Crippen molar-refractivity contribution in [3.05, 3.63) is 81.7 Å². The third-order valence-corrected chi connectivity index (χ3v) is 3.08. The Kier molecular flexibility index (Phi) is 3.10.